The van der Waals surface area contributed by atoms with E-state index < -0.39 is 0 Å². The van der Waals surface area contributed by atoms with E-state index in [2.05, 4.69) is 4.98 Å². The summed E-state index contributed by atoms with van der Waals surface area (Å²) in [6.07, 6.45) is 2.54. The highest BCUT2D eigenvalue weighted by Crippen LogP contribution is 2.23. The minimum Gasteiger partial charge on any atom is -0.377 e. The minimum absolute atomic E-state index is 0.0218. The van der Waals surface area contributed by atoms with Gasteiger partial charge in [0, 0.05) is 19.4 Å². The van der Waals surface area contributed by atoms with Gasteiger partial charge in [0.05, 0.1) is 17.0 Å². The van der Waals surface area contributed by atoms with Crippen LogP contribution in [-0.4, -0.2) is 28.0 Å². The molecule has 2 heterocycles. The fourth-order valence-corrected chi connectivity index (χ4v) is 3.47. The van der Waals surface area contributed by atoms with Crippen LogP contribution in [0, 0.1) is 6.92 Å². The summed E-state index contributed by atoms with van der Waals surface area (Å²) in [7, 11) is 1.79. The summed E-state index contributed by atoms with van der Waals surface area (Å²) in [4.78, 5) is 17.0. The fourth-order valence-electron chi connectivity index (χ4n) is 2.44. The summed E-state index contributed by atoms with van der Waals surface area (Å²) in [5.41, 5.74) is 1.87. The number of hydrogen-bond acceptors (Lipinski definition) is 4. The Labute approximate surface area is 122 Å². The number of hydrogen-bond donors (Lipinski definition) is 0. The zero-order chi connectivity index (χ0) is 14.1. The zero-order valence-electron chi connectivity index (χ0n) is 11.8. The molecule has 1 atom stereocenters. The normalized spacial score (nSPS) is 18.8. The van der Waals surface area contributed by atoms with Crippen LogP contribution < -0.4 is 5.56 Å². The molecular formula is C15H18N2O2S. The van der Waals surface area contributed by atoms with Crippen molar-refractivity contribution in [1.29, 1.82) is 0 Å². The van der Waals surface area contributed by atoms with E-state index in [9.17, 15) is 4.79 Å². The van der Waals surface area contributed by atoms with Crippen molar-refractivity contribution in [3.8, 4) is 0 Å². The van der Waals surface area contributed by atoms with Crippen LogP contribution in [0.5, 0.6) is 0 Å². The van der Waals surface area contributed by atoms with Gasteiger partial charge in [-0.3, -0.25) is 9.36 Å². The van der Waals surface area contributed by atoms with Gasteiger partial charge in [-0.15, -0.1) is 0 Å². The van der Waals surface area contributed by atoms with Gasteiger partial charge in [0.2, 0.25) is 0 Å². The average molecular weight is 290 g/mol. The molecule has 1 aromatic carbocycles. The molecule has 1 aliphatic heterocycles. The highest BCUT2D eigenvalue weighted by atomic mass is 32.2. The fraction of sp³-hybridized carbons (Fsp3) is 0.467. The second-order valence-electron chi connectivity index (χ2n) is 5.23. The van der Waals surface area contributed by atoms with Crippen LogP contribution in [0.2, 0.25) is 0 Å². The Bertz CT molecular complexity index is 690. The molecule has 0 unspecified atom stereocenters. The third-order valence-corrected chi connectivity index (χ3v) is 4.77. The molecule has 0 amide bonds. The number of thioether (sulfide) groups is 1. The first-order valence-electron chi connectivity index (χ1n) is 6.87. The topological polar surface area (TPSA) is 44.1 Å². The van der Waals surface area contributed by atoms with Gasteiger partial charge in [0.15, 0.2) is 5.16 Å². The maximum atomic E-state index is 12.4. The van der Waals surface area contributed by atoms with Gasteiger partial charge in [-0.05, 0) is 31.9 Å². The van der Waals surface area contributed by atoms with Crippen molar-refractivity contribution in [3.63, 3.8) is 0 Å². The second kappa shape index (κ2) is 5.58. The maximum absolute atomic E-state index is 12.4. The van der Waals surface area contributed by atoms with Gasteiger partial charge in [-0.25, -0.2) is 4.98 Å². The Morgan fingerprint density at radius 2 is 2.35 bits per heavy atom. The maximum Gasteiger partial charge on any atom is 0.261 e. The first-order valence-corrected chi connectivity index (χ1v) is 7.85. The minimum atomic E-state index is 0.0218. The van der Waals surface area contributed by atoms with Gasteiger partial charge in [0.25, 0.3) is 5.56 Å². The van der Waals surface area contributed by atoms with Gasteiger partial charge in [-0.1, -0.05) is 23.4 Å². The number of fused-ring (bicyclic) bond motifs is 1. The van der Waals surface area contributed by atoms with Crippen LogP contribution >= 0.6 is 11.8 Å². The number of benzene rings is 1. The molecule has 1 aliphatic rings. The lowest BCUT2D eigenvalue weighted by molar-refractivity contribution is 0.129. The predicted octanol–water partition coefficient (Wildman–Crippen LogP) is 2.51. The smallest absolute Gasteiger partial charge is 0.261 e. The van der Waals surface area contributed by atoms with E-state index in [-0.39, 0.29) is 5.56 Å². The van der Waals surface area contributed by atoms with E-state index >= 15 is 0 Å². The monoisotopic (exact) mass is 290 g/mol. The Kier molecular flexibility index (Phi) is 3.81. The van der Waals surface area contributed by atoms with Crippen LogP contribution in [-0.2, 0) is 11.8 Å². The molecule has 5 heteroatoms. The number of aryl methyl sites for hydroxylation is 1. The lowest BCUT2D eigenvalue weighted by Gasteiger charge is -2.11. The second-order valence-corrected chi connectivity index (χ2v) is 6.21. The third-order valence-electron chi connectivity index (χ3n) is 3.61. The molecular weight excluding hydrogens is 272 g/mol. The van der Waals surface area contributed by atoms with E-state index in [0.29, 0.717) is 11.5 Å². The lowest BCUT2D eigenvalue weighted by atomic mass is 10.2. The van der Waals surface area contributed by atoms with Crippen molar-refractivity contribution in [2.45, 2.75) is 31.0 Å². The van der Waals surface area contributed by atoms with E-state index in [1.54, 1.807) is 23.4 Å². The van der Waals surface area contributed by atoms with Gasteiger partial charge in [-0.2, -0.15) is 0 Å². The molecule has 1 aromatic heterocycles. The molecule has 3 rings (SSSR count). The third kappa shape index (κ3) is 2.60. The van der Waals surface area contributed by atoms with Crippen molar-refractivity contribution < 1.29 is 4.74 Å². The quantitative estimate of drug-likeness (QED) is 0.643. The first-order chi connectivity index (χ1) is 9.65. The molecule has 1 saturated heterocycles. The number of ether oxygens (including phenoxy) is 1. The van der Waals surface area contributed by atoms with Crippen LogP contribution in [0.15, 0.2) is 28.2 Å². The van der Waals surface area contributed by atoms with Crippen molar-refractivity contribution >= 4 is 22.7 Å². The number of nitrogens with zero attached hydrogens (tertiary/aromatic N) is 2. The van der Waals surface area contributed by atoms with Gasteiger partial charge < -0.3 is 4.74 Å². The summed E-state index contributed by atoms with van der Waals surface area (Å²) in [6, 6.07) is 5.81. The Hall–Kier alpha value is -1.33. The van der Waals surface area contributed by atoms with Crippen molar-refractivity contribution in [1.82, 2.24) is 9.55 Å². The molecule has 20 heavy (non-hydrogen) atoms. The predicted molar refractivity (Wildman–Crippen MR) is 81.4 cm³/mol. The van der Waals surface area contributed by atoms with E-state index in [1.165, 1.54) is 0 Å². The number of aromatic nitrogens is 2. The van der Waals surface area contributed by atoms with Gasteiger partial charge in [0.1, 0.15) is 0 Å². The Morgan fingerprint density at radius 3 is 3.10 bits per heavy atom. The molecule has 0 aliphatic carbocycles. The van der Waals surface area contributed by atoms with Crippen molar-refractivity contribution in [3.05, 3.63) is 34.1 Å². The Morgan fingerprint density at radius 1 is 1.50 bits per heavy atom. The Balaban J connectivity index is 1.92. The van der Waals surface area contributed by atoms with Crippen LogP contribution in [0.25, 0.3) is 10.9 Å². The molecule has 0 spiro atoms. The zero-order valence-corrected chi connectivity index (χ0v) is 12.6. The molecule has 106 valence electrons. The highest BCUT2D eigenvalue weighted by Gasteiger charge is 2.17. The van der Waals surface area contributed by atoms with Crippen molar-refractivity contribution in [2.75, 3.05) is 12.4 Å². The summed E-state index contributed by atoms with van der Waals surface area (Å²) >= 11 is 1.60. The van der Waals surface area contributed by atoms with E-state index in [0.717, 1.165) is 41.4 Å². The highest BCUT2D eigenvalue weighted by molar-refractivity contribution is 7.99. The molecule has 1 fully saturated rings. The average Bonchev–Trinajstić information content (AvgIpc) is 2.95. The molecule has 0 radical (unpaired) electrons. The molecule has 4 nitrogen and oxygen atoms in total. The summed E-state index contributed by atoms with van der Waals surface area (Å²) in [6.45, 7) is 2.84. The van der Waals surface area contributed by atoms with Crippen molar-refractivity contribution in [2.24, 2.45) is 7.05 Å². The summed E-state index contributed by atoms with van der Waals surface area (Å²) in [5.74, 6) is 0.859. The molecule has 2 aromatic rings. The largest absolute Gasteiger partial charge is 0.377 e. The number of rotatable bonds is 3. The van der Waals surface area contributed by atoms with E-state index in [4.69, 9.17) is 4.74 Å². The molecule has 0 N–H and O–H groups in total. The summed E-state index contributed by atoms with van der Waals surface area (Å²) in [5, 5.41) is 1.45. The lowest BCUT2D eigenvalue weighted by Crippen LogP contribution is -2.21. The van der Waals surface area contributed by atoms with Gasteiger partial charge >= 0.3 is 0 Å². The van der Waals surface area contributed by atoms with Crippen LogP contribution in [0.4, 0.5) is 0 Å². The van der Waals surface area contributed by atoms with Crippen LogP contribution in [0.1, 0.15) is 18.4 Å². The molecule has 0 bridgehead atoms. The SMILES string of the molecule is Cc1ccc2nc(SC[C@H]3CCCO3)n(C)c(=O)c2c1. The first kappa shape index (κ1) is 13.6. The summed E-state index contributed by atoms with van der Waals surface area (Å²) < 4.78 is 7.25. The standard InChI is InChI=1S/C15H18N2O2S/c1-10-5-6-13-12(8-10)14(18)17(2)15(16-13)20-9-11-4-3-7-19-11/h5-6,8,11H,3-4,7,9H2,1-2H3/t11-/m1/s1. The van der Waals surface area contributed by atoms with Crippen LogP contribution in [0.3, 0.4) is 0 Å². The molecule has 0 saturated carbocycles. The van der Waals surface area contributed by atoms with E-state index in [1.807, 2.05) is 25.1 Å².